The number of hydrogen-bond donors (Lipinski definition) is 1. The summed E-state index contributed by atoms with van der Waals surface area (Å²) in [6.45, 7) is 0. The Balaban J connectivity index is 2.55. The number of benzene rings is 1. The summed E-state index contributed by atoms with van der Waals surface area (Å²) in [4.78, 5) is 0. The predicted molar refractivity (Wildman–Crippen MR) is 75.2 cm³/mol. The Morgan fingerprint density at radius 1 is 1.21 bits per heavy atom. The highest BCUT2D eigenvalue weighted by Crippen LogP contribution is 2.29. The molecule has 1 aromatic heterocycles. The molecule has 2 aromatic rings. The molecule has 1 aromatic carbocycles. The summed E-state index contributed by atoms with van der Waals surface area (Å²) in [6, 6.07) is 6.22. The number of anilines is 1. The van der Waals surface area contributed by atoms with Crippen molar-refractivity contribution >= 4 is 61.7 Å². The lowest BCUT2D eigenvalue weighted by Crippen LogP contribution is -1.83. The molecule has 14 heavy (non-hydrogen) atoms. The zero-order valence-electron chi connectivity index (χ0n) is 6.87. The lowest BCUT2D eigenvalue weighted by atomic mass is 10.2. The zero-order valence-corrected chi connectivity index (χ0v) is 12.0. The standard InChI is InChI=1S/C8H5I2N3S/c9-4-1-2-6(10)5(3-4)7-12-13-8(11)14-7/h1-3H,(H2,11,13). The summed E-state index contributed by atoms with van der Waals surface area (Å²) in [7, 11) is 0. The first-order valence-electron chi connectivity index (χ1n) is 3.71. The van der Waals surface area contributed by atoms with Crippen LogP contribution in [0.1, 0.15) is 0 Å². The van der Waals surface area contributed by atoms with E-state index in [0.717, 1.165) is 10.6 Å². The minimum Gasteiger partial charge on any atom is -0.374 e. The SMILES string of the molecule is Nc1nnc(-c2cc(I)ccc2I)s1. The van der Waals surface area contributed by atoms with Crippen LogP contribution in [0.2, 0.25) is 0 Å². The first-order chi connectivity index (χ1) is 6.66. The maximum absolute atomic E-state index is 5.54. The van der Waals surface area contributed by atoms with Gasteiger partial charge in [-0.25, -0.2) is 0 Å². The van der Waals surface area contributed by atoms with Crippen LogP contribution in [-0.4, -0.2) is 10.2 Å². The summed E-state index contributed by atoms with van der Waals surface area (Å²) in [5.41, 5.74) is 6.65. The molecule has 2 rings (SSSR count). The molecular weight excluding hydrogens is 424 g/mol. The van der Waals surface area contributed by atoms with E-state index < -0.39 is 0 Å². The molecule has 0 radical (unpaired) electrons. The molecule has 0 saturated carbocycles. The Labute approximate surface area is 112 Å². The fraction of sp³-hybridized carbons (Fsp3) is 0. The third-order valence-corrected chi connectivity index (χ3v) is 4.00. The van der Waals surface area contributed by atoms with Gasteiger partial charge in [0.25, 0.3) is 0 Å². The average Bonchev–Trinajstić information content (AvgIpc) is 2.56. The molecular formula is C8H5I2N3S. The van der Waals surface area contributed by atoms with Crippen LogP contribution in [0, 0.1) is 7.14 Å². The lowest BCUT2D eigenvalue weighted by molar-refractivity contribution is 1.10. The van der Waals surface area contributed by atoms with E-state index in [1.165, 1.54) is 18.5 Å². The maximum atomic E-state index is 5.54. The second kappa shape index (κ2) is 4.27. The number of aromatic nitrogens is 2. The van der Waals surface area contributed by atoms with Crippen molar-refractivity contribution in [1.29, 1.82) is 0 Å². The molecule has 0 unspecified atom stereocenters. The van der Waals surface area contributed by atoms with Crippen molar-refractivity contribution in [2.75, 3.05) is 5.73 Å². The van der Waals surface area contributed by atoms with Gasteiger partial charge in [0.2, 0.25) is 5.13 Å². The number of nitrogens with zero attached hydrogens (tertiary/aromatic N) is 2. The maximum Gasteiger partial charge on any atom is 0.203 e. The lowest BCUT2D eigenvalue weighted by Gasteiger charge is -1.99. The Morgan fingerprint density at radius 2 is 2.00 bits per heavy atom. The van der Waals surface area contributed by atoms with Gasteiger partial charge in [-0.15, -0.1) is 10.2 Å². The highest BCUT2D eigenvalue weighted by atomic mass is 127. The molecule has 0 atom stereocenters. The molecule has 6 heteroatoms. The summed E-state index contributed by atoms with van der Waals surface area (Å²) in [6.07, 6.45) is 0. The second-order valence-electron chi connectivity index (χ2n) is 2.57. The van der Waals surface area contributed by atoms with E-state index in [9.17, 15) is 0 Å². The van der Waals surface area contributed by atoms with E-state index in [2.05, 4.69) is 73.6 Å². The van der Waals surface area contributed by atoms with Crippen LogP contribution in [0.25, 0.3) is 10.6 Å². The molecule has 0 bridgehead atoms. The van der Waals surface area contributed by atoms with E-state index in [1.54, 1.807) is 0 Å². The van der Waals surface area contributed by atoms with Gasteiger partial charge in [-0.1, -0.05) is 11.3 Å². The molecule has 2 N–H and O–H groups in total. The van der Waals surface area contributed by atoms with Crippen molar-refractivity contribution in [2.45, 2.75) is 0 Å². The molecule has 0 spiro atoms. The van der Waals surface area contributed by atoms with E-state index >= 15 is 0 Å². The quantitative estimate of drug-likeness (QED) is 0.710. The molecule has 0 amide bonds. The van der Waals surface area contributed by atoms with E-state index in [1.807, 2.05) is 0 Å². The van der Waals surface area contributed by atoms with Gasteiger partial charge in [0.1, 0.15) is 0 Å². The molecule has 0 saturated heterocycles. The molecule has 0 aliphatic carbocycles. The van der Waals surface area contributed by atoms with Gasteiger partial charge in [0.05, 0.1) is 0 Å². The van der Waals surface area contributed by atoms with Crippen LogP contribution in [-0.2, 0) is 0 Å². The topological polar surface area (TPSA) is 51.8 Å². The van der Waals surface area contributed by atoms with E-state index in [0.29, 0.717) is 5.13 Å². The average molecular weight is 429 g/mol. The fourth-order valence-electron chi connectivity index (χ4n) is 1.00. The number of rotatable bonds is 1. The number of halogens is 2. The van der Waals surface area contributed by atoms with Gasteiger partial charge in [-0.05, 0) is 63.4 Å². The van der Waals surface area contributed by atoms with Crippen LogP contribution in [0.15, 0.2) is 18.2 Å². The van der Waals surface area contributed by atoms with Crippen LogP contribution in [0.3, 0.4) is 0 Å². The Hall–Kier alpha value is 0.0400. The van der Waals surface area contributed by atoms with Crippen LogP contribution in [0.5, 0.6) is 0 Å². The number of nitrogen functional groups attached to an aromatic ring is 1. The van der Waals surface area contributed by atoms with Crippen LogP contribution in [0.4, 0.5) is 5.13 Å². The smallest absolute Gasteiger partial charge is 0.203 e. The van der Waals surface area contributed by atoms with E-state index in [4.69, 9.17) is 5.73 Å². The summed E-state index contributed by atoms with van der Waals surface area (Å²) >= 11 is 5.97. The minimum atomic E-state index is 0.509. The number of nitrogens with two attached hydrogens (primary N) is 1. The summed E-state index contributed by atoms with van der Waals surface area (Å²) < 4.78 is 2.35. The van der Waals surface area contributed by atoms with Crippen LogP contribution < -0.4 is 5.73 Å². The highest BCUT2D eigenvalue weighted by Gasteiger charge is 2.08. The van der Waals surface area contributed by atoms with Crippen LogP contribution >= 0.6 is 56.5 Å². The highest BCUT2D eigenvalue weighted by molar-refractivity contribution is 14.1. The van der Waals surface area contributed by atoms with Gasteiger partial charge in [-0.3, -0.25) is 0 Å². The second-order valence-corrected chi connectivity index (χ2v) is 5.99. The van der Waals surface area contributed by atoms with Gasteiger partial charge in [0.15, 0.2) is 5.01 Å². The van der Waals surface area contributed by atoms with Crippen molar-refractivity contribution < 1.29 is 0 Å². The zero-order chi connectivity index (χ0) is 10.1. The Kier molecular flexibility index (Phi) is 3.22. The molecule has 0 aliphatic heterocycles. The van der Waals surface area contributed by atoms with Gasteiger partial charge >= 0.3 is 0 Å². The minimum absolute atomic E-state index is 0.509. The van der Waals surface area contributed by atoms with Gasteiger partial charge in [0, 0.05) is 12.7 Å². The van der Waals surface area contributed by atoms with Gasteiger partial charge in [-0.2, -0.15) is 0 Å². The monoisotopic (exact) mass is 429 g/mol. The summed E-state index contributed by atoms with van der Waals surface area (Å²) in [5.74, 6) is 0. The largest absolute Gasteiger partial charge is 0.374 e. The molecule has 3 nitrogen and oxygen atoms in total. The van der Waals surface area contributed by atoms with Crippen molar-refractivity contribution in [2.24, 2.45) is 0 Å². The van der Waals surface area contributed by atoms with Crippen molar-refractivity contribution in [3.63, 3.8) is 0 Å². The third-order valence-electron chi connectivity index (χ3n) is 1.60. The third kappa shape index (κ3) is 2.16. The molecule has 0 fully saturated rings. The molecule has 0 aliphatic rings. The Bertz CT molecular complexity index is 469. The van der Waals surface area contributed by atoms with Crippen molar-refractivity contribution in [3.8, 4) is 10.6 Å². The van der Waals surface area contributed by atoms with Gasteiger partial charge < -0.3 is 5.73 Å². The predicted octanol–water partition coefficient (Wildman–Crippen LogP) is 3.00. The first kappa shape index (κ1) is 10.6. The number of hydrogen-bond acceptors (Lipinski definition) is 4. The Morgan fingerprint density at radius 3 is 2.64 bits per heavy atom. The fourth-order valence-corrected chi connectivity index (χ4v) is 2.91. The van der Waals surface area contributed by atoms with Crippen molar-refractivity contribution in [1.82, 2.24) is 10.2 Å². The van der Waals surface area contributed by atoms with Crippen molar-refractivity contribution in [3.05, 3.63) is 25.3 Å². The summed E-state index contributed by atoms with van der Waals surface area (Å²) in [5, 5.41) is 9.22. The molecule has 1 heterocycles. The normalized spacial score (nSPS) is 10.4. The first-order valence-corrected chi connectivity index (χ1v) is 6.68. The molecule has 72 valence electrons. The van der Waals surface area contributed by atoms with E-state index in [-0.39, 0.29) is 0 Å².